The Labute approximate surface area is 229 Å². The van der Waals surface area contributed by atoms with Crippen molar-refractivity contribution in [1.82, 2.24) is 24.2 Å². The fourth-order valence-electron chi connectivity index (χ4n) is 4.26. The van der Waals surface area contributed by atoms with Gasteiger partial charge in [-0.2, -0.15) is 9.29 Å². The lowest BCUT2D eigenvalue weighted by atomic mass is 10.2. The Morgan fingerprint density at radius 2 is 1.82 bits per heavy atom. The maximum atomic E-state index is 13.6. The van der Waals surface area contributed by atoms with Crippen molar-refractivity contribution < 1.29 is 22.1 Å². The lowest BCUT2D eigenvalue weighted by Gasteiger charge is -2.33. The Bertz CT molecular complexity index is 1310. The summed E-state index contributed by atoms with van der Waals surface area (Å²) in [4.78, 5) is 21.1. The van der Waals surface area contributed by atoms with Crippen LogP contribution in [0.3, 0.4) is 0 Å². The van der Waals surface area contributed by atoms with Gasteiger partial charge in [0.1, 0.15) is 5.82 Å². The van der Waals surface area contributed by atoms with E-state index in [4.69, 9.17) is 4.52 Å². The van der Waals surface area contributed by atoms with Gasteiger partial charge in [0.2, 0.25) is 21.8 Å². The van der Waals surface area contributed by atoms with Crippen molar-refractivity contribution in [2.24, 2.45) is 0 Å². The molecule has 1 aromatic heterocycles. The highest BCUT2D eigenvalue weighted by molar-refractivity contribution is 7.89. The minimum atomic E-state index is -3.68. The summed E-state index contributed by atoms with van der Waals surface area (Å²) in [5.74, 6) is 0.513. The first kappa shape index (κ1) is 29.7. The molecule has 0 bridgehead atoms. The molecular weight excluding hydrogens is 533 g/mol. The van der Waals surface area contributed by atoms with Gasteiger partial charge in [0.05, 0.1) is 11.4 Å². The number of amides is 1. The van der Waals surface area contributed by atoms with Gasteiger partial charge in [-0.3, -0.25) is 9.69 Å². The summed E-state index contributed by atoms with van der Waals surface area (Å²) in [6.45, 7) is 6.75. The second kappa shape index (κ2) is 13.3. The van der Waals surface area contributed by atoms with Crippen molar-refractivity contribution in [3.05, 3.63) is 77.2 Å². The van der Waals surface area contributed by atoms with E-state index in [0.717, 1.165) is 5.56 Å². The normalized spacial score (nSPS) is 14.7. The van der Waals surface area contributed by atoms with Crippen molar-refractivity contribution in [2.45, 2.75) is 44.7 Å². The predicted molar refractivity (Wildman–Crippen MR) is 143 cm³/mol. The minimum absolute atomic E-state index is 0. The predicted octanol–water partition coefficient (Wildman–Crippen LogP) is 3.43. The monoisotopic (exact) mass is 565 g/mol. The zero-order valence-corrected chi connectivity index (χ0v) is 23.2. The third-order valence-corrected chi connectivity index (χ3v) is 8.37. The van der Waals surface area contributed by atoms with Crippen molar-refractivity contribution in [3.8, 4) is 0 Å². The Balaban J connectivity index is 0.00000400. The van der Waals surface area contributed by atoms with Crippen LogP contribution in [0.15, 0.2) is 57.9 Å². The van der Waals surface area contributed by atoms with E-state index in [-0.39, 0.29) is 29.6 Å². The number of sulfonamides is 1. The van der Waals surface area contributed by atoms with Crippen molar-refractivity contribution in [1.29, 1.82) is 0 Å². The molecule has 1 aliphatic heterocycles. The zero-order valence-electron chi connectivity index (χ0n) is 21.5. The first-order valence-corrected chi connectivity index (χ1v) is 13.8. The highest BCUT2D eigenvalue weighted by Crippen LogP contribution is 2.20. The van der Waals surface area contributed by atoms with Crippen LogP contribution in [-0.4, -0.2) is 71.3 Å². The number of halogens is 2. The number of nitrogens with zero attached hydrogens (tertiary/aromatic N) is 5. The molecule has 206 valence electrons. The molecule has 1 amide bonds. The number of hydrogen-bond donors (Lipinski definition) is 0. The van der Waals surface area contributed by atoms with Crippen LogP contribution in [0.5, 0.6) is 0 Å². The maximum absolute atomic E-state index is 13.6. The third-order valence-electron chi connectivity index (χ3n) is 6.48. The zero-order chi connectivity index (χ0) is 26.4. The number of hydrogen-bond acceptors (Lipinski definition) is 7. The molecule has 4 rings (SSSR count). The van der Waals surface area contributed by atoms with Gasteiger partial charge in [-0.15, -0.1) is 12.4 Å². The highest BCUT2D eigenvalue weighted by Gasteiger charge is 2.29. The molecule has 0 unspecified atom stereocenters. The maximum Gasteiger partial charge on any atom is 0.243 e. The van der Waals surface area contributed by atoms with Gasteiger partial charge in [0.25, 0.3) is 0 Å². The van der Waals surface area contributed by atoms with Crippen molar-refractivity contribution in [3.63, 3.8) is 0 Å². The Morgan fingerprint density at radius 3 is 2.47 bits per heavy atom. The molecule has 0 aliphatic carbocycles. The Morgan fingerprint density at radius 1 is 1.11 bits per heavy atom. The number of carbonyl (C=O) groups is 1. The van der Waals surface area contributed by atoms with E-state index in [2.05, 4.69) is 15.0 Å². The van der Waals surface area contributed by atoms with Gasteiger partial charge >= 0.3 is 0 Å². The molecule has 38 heavy (non-hydrogen) atoms. The third kappa shape index (κ3) is 7.37. The molecule has 3 aromatic rings. The summed E-state index contributed by atoms with van der Waals surface area (Å²) in [5.41, 5.74) is 1.38. The second-order valence-corrected chi connectivity index (χ2v) is 11.0. The molecule has 1 aliphatic rings. The molecule has 1 saturated heterocycles. The van der Waals surface area contributed by atoms with Crippen LogP contribution in [0.1, 0.15) is 36.2 Å². The molecule has 1 fully saturated rings. The summed E-state index contributed by atoms with van der Waals surface area (Å²) in [6, 6.07) is 13.7. The first-order chi connectivity index (χ1) is 17.8. The van der Waals surface area contributed by atoms with E-state index >= 15 is 0 Å². The SMILES string of the molecule is CCN(Cc1ccccc1)C(=O)CCc1nc(CN2CCN(S(=O)(=O)c3ccc(F)c(C)c3)CC2)no1.Cl. The lowest BCUT2D eigenvalue weighted by molar-refractivity contribution is -0.131. The highest BCUT2D eigenvalue weighted by atomic mass is 35.5. The Hall–Kier alpha value is -2.86. The molecule has 0 radical (unpaired) electrons. The summed E-state index contributed by atoms with van der Waals surface area (Å²) in [5, 5.41) is 4.03. The summed E-state index contributed by atoms with van der Waals surface area (Å²) < 4.78 is 46.2. The van der Waals surface area contributed by atoms with Crippen LogP contribution in [0.25, 0.3) is 0 Å². The minimum Gasteiger partial charge on any atom is -0.339 e. The molecule has 9 nitrogen and oxygen atoms in total. The van der Waals surface area contributed by atoms with Gasteiger partial charge in [-0.1, -0.05) is 35.5 Å². The summed E-state index contributed by atoms with van der Waals surface area (Å²) in [6.07, 6.45) is 0.641. The lowest BCUT2D eigenvalue weighted by Crippen LogP contribution is -2.48. The molecule has 12 heteroatoms. The van der Waals surface area contributed by atoms with E-state index in [0.29, 0.717) is 69.5 Å². The molecular formula is C26H33ClFN5O4S. The number of piperazine rings is 1. The second-order valence-electron chi connectivity index (χ2n) is 9.09. The van der Waals surface area contributed by atoms with Gasteiger partial charge in [-0.25, -0.2) is 12.8 Å². The summed E-state index contributed by atoms with van der Waals surface area (Å²) >= 11 is 0. The van der Waals surface area contributed by atoms with E-state index < -0.39 is 15.8 Å². The molecule has 0 N–H and O–H groups in total. The van der Waals surface area contributed by atoms with Crippen molar-refractivity contribution >= 4 is 28.3 Å². The van der Waals surface area contributed by atoms with Crippen LogP contribution in [0.2, 0.25) is 0 Å². The van der Waals surface area contributed by atoms with E-state index in [9.17, 15) is 17.6 Å². The molecule has 2 heterocycles. The number of aromatic nitrogens is 2. The molecule has 0 spiro atoms. The van der Waals surface area contributed by atoms with Crippen LogP contribution in [-0.2, 0) is 34.3 Å². The van der Waals surface area contributed by atoms with E-state index in [1.54, 1.807) is 11.8 Å². The van der Waals surface area contributed by atoms with Gasteiger partial charge in [0, 0.05) is 52.1 Å². The topological polar surface area (TPSA) is 99.9 Å². The number of carbonyl (C=O) groups excluding carboxylic acids is 1. The molecule has 0 saturated carbocycles. The fourth-order valence-corrected chi connectivity index (χ4v) is 5.77. The Kier molecular flexibility index (Phi) is 10.4. The standard InChI is InChI=1S/C26H32FN5O4S.ClH/c1-3-31(18-21-7-5-4-6-8-21)26(33)12-11-25-28-24(29-36-25)19-30-13-15-32(16-14-30)37(34,35)22-9-10-23(27)20(2)17-22;/h4-10,17H,3,11-16,18-19H2,1-2H3;1H. The van der Waals surface area contributed by atoms with Crippen molar-refractivity contribution in [2.75, 3.05) is 32.7 Å². The number of rotatable bonds is 10. The average molecular weight is 566 g/mol. The quantitative estimate of drug-likeness (QED) is 0.371. The van der Waals surface area contributed by atoms with Crippen LogP contribution in [0, 0.1) is 12.7 Å². The van der Waals surface area contributed by atoms with Gasteiger partial charge < -0.3 is 9.42 Å². The average Bonchev–Trinajstić information content (AvgIpc) is 3.35. The molecule has 0 atom stereocenters. The van der Waals surface area contributed by atoms with Crippen LogP contribution in [0.4, 0.5) is 4.39 Å². The van der Waals surface area contributed by atoms with Gasteiger partial charge in [-0.05, 0) is 43.2 Å². The van der Waals surface area contributed by atoms with Crippen LogP contribution >= 0.6 is 12.4 Å². The summed E-state index contributed by atoms with van der Waals surface area (Å²) in [7, 11) is -3.68. The fraction of sp³-hybridized carbons (Fsp3) is 0.423. The van der Waals surface area contributed by atoms with Crippen LogP contribution < -0.4 is 0 Å². The number of aryl methyl sites for hydroxylation is 2. The van der Waals surface area contributed by atoms with E-state index in [1.807, 2.05) is 37.3 Å². The first-order valence-electron chi connectivity index (χ1n) is 12.4. The largest absolute Gasteiger partial charge is 0.339 e. The van der Waals surface area contributed by atoms with E-state index in [1.165, 1.54) is 22.5 Å². The molecule has 2 aromatic carbocycles. The van der Waals surface area contributed by atoms with Gasteiger partial charge in [0.15, 0.2) is 5.82 Å². The smallest absolute Gasteiger partial charge is 0.243 e. The number of benzene rings is 2.